The largest absolute Gasteiger partial charge is 0.497 e. The monoisotopic (exact) mass is 262 g/mol. The quantitative estimate of drug-likeness (QED) is 0.823. The SMILES string of the molecule is COc1ccc(N)c(Nc2ccc(C)c(Cl)c2)c1. The molecule has 2 rings (SSSR count). The van der Waals surface area contributed by atoms with E-state index < -0.39 is 0 Å². The molecule has 3 nitrogen and oxygen atoms in total. The van der Waals surface area contributed by atoms with Crippen molar-refractivity contribution in [3.05, 3.63) is 47.0 Å². The molecule has 0 saturated carbocycles. The second kappa shape index (κ2) is 5.19. The van der Waals surface area contributed by atoms with Crippen LogP contribution < -0.4 is 15.8 Å². The average molecular weight is 263 g/mol. The molecule has 0 radical (unpaired) electrons. The molecule has 18 heavy (non-hydrogen) atoms. The van der Waals surface area contributed by atoms with Crippen LogP contribution in [-0.2, 0) is 0 Å². The average Bonchev–Trinajstić information content (AvgIpc) is 2.36. The number of rotatable bonds is 3. The maximum Gasteiger partial charge on any atom is 0.121 e. The van der Waals surface area contributed by atoms with Crippen molar-refractivity contribution in [3.8, 4) is 5.75 Å². The molecule has 0 aromatic heterocycles. The third-order valence-corrected chi connectivity index (χ3v) is 3.12. The van der Waals surface area contributed by atoms with Crippen LogP contribution in [0.15, 0.2) is 36.4 Å². The molecule has 0 fully saturated rings. The van der Waals surface area contributed by atoms with Crippen molar-refractivity contribution in [1.29, 1.82) is 0 Å². The van der Waals surface area contributed by atoms with E-state index in [2.05, 4.69) is 5.32 Å². The molecule has 0 unspecified atom stereocenters. The maximum absolute atomic E-state index is 6.08. The predicted octanol–water partition coefficient (Wildman–Crippen LogP) is 3.98. The van der Waals surface area contributed by atoms with Crippen molar-refractivity contribution in [1.82, 2.24) is 0 Å². The first-order valence-corrected chi connectivity index (χ1v) is 5.94. The highest BCUT2D eigenvalue weighted by Crippen LogP contribution is 2.29. The number of anilines is 3. The van der Waals surface area contributed by atoms with Gasteiger partial charge in [-0.15, -0.1) is 0 Å². The van der Waals surface area contributed by atoms with Crippen molar-refractivity contribution >= 4 is 28.7 Å². The van der Waals surface area contributed by atoms with Crippen molar-refractivity contribution in [2.24, 2.45) is 0 Å². The second-order valence-electron chi connectivity index (χ2n) is 4.04. The summed E-state index contributed by atoms with van der Waals surface area (Å²) in [5.41, 5.74) is 9.31. The van der Waals surface area contributed by atoms with Crippen LogP contribution in [0.3, 0.4) is 0 Å². The topological polar surface area (TPSA) is 47.3 Å². The van der Waals surface area contributed by atoms with Crippen LogP contribution >= 0.6 is 11.6 Å². The van der Waals surface area contributed by atoms with Gasteiger partial charge >= 0.3 is 0 Å². The van der Waals surface area contributed by atoms with Gasteiger partial charge in [0.2, 0.25) is 0 Å². The van der Waals surface area contributed by atoms with E-state index in [1.807, 2.05) is 37.3 Å². The number of halogens is 1. The lowest BCUT2D eigenvalue weighted by atomic mass is 10.2. The maximum atomic E-state index is 6.08. The third kappa shape index (κ3) is 2.68. The van der Waals surface area contributed by atoms with Gasteiger partial charge in [0, 0.05) is 16.8 Å². The fourth-order valence-corrected chi connectivity index (χ4v) is 1.78. The summed E-state index contributed by atoms with van der Waals surface area (Å²) in [6, 6.07) is 11.3. The molecule has 0 spiro atoms. The van der Waals surface area contributed by atoms with Crippen LogP contribution in [0.4, 0.5) is 17.1 Å². The zero-order valence-electron chi connectivity index (χ0n) is 10.3. The molecular weight excluding hydrogens is 248 g/mol. The summed E-state index contributed by atoms with van der Waals surface area (Å²) < 4.78 is 5.17. The van der Waals surface area contributed by atoms with Gasteiger partial charge in [-0.1, -0.05) is 17.7 Å². The van der Waals surface area contributed by atoms with Gasteiger partial charge in [-0.25, -0.2) is 0 Å². The molecule has 0 heterocycles. The van der Waals surface area contributed by atoms with Crippen molar-refractivity contribution in [2.45, 2.75) is 6.92 Å². The summed E-state index contributed by atoms with van der Waals surface area (Å²) in [5, 5.41) is 3.95. The lowest BCUT2D eigenvalue weighted by molar-refractivity contribution is 0.415. The molecule has 94 valence electrons. The normalized spacial score (nSPS) is 10.2. The summed E-state index contributed by atoms with van der Waals surface area (Å²) in [5.74, 6) is 0.755. The predicted molar refractivity (Wildman–Crippen MR) is 76.9 cm³/mol. The van der Waals surface area contributed by atoms with E-state index in [0.29, 0.717) is 5.69 Å². The molecule has 0 aliphatic heterocycles. The highest BCUT2D eigenvalue weighted by Gasteiger charge is 2.03. The molecule has 4 heteroatoms. The third-order valence-electron chi connectivity index (χ3n) is 2.71. The van der Waals surface area contributed by atoms with Gasteiger partial charge in [-0.3, -0.25) is 0 Å². The van der Waals surface area contributed by atoms with E-state index in [-0.39, 0.29) is 0 Å². The van der Waals surface area contributed by atoms with Gasteiger partial charge in [-0.05, 0) is 36.8 Å². The van der Waals surface area contributed by atoms with Gasteiger partial charge in [-0.2, -0.15) is 0 Å². The molecule has 0 amide bonds. The van der Waals surface area contributed by atoms with Crippen molar-refractivity contribution in [3.63, 3.8) is 0 Å². The Hall–Kier alpha value is -1.87. The van der Waals surface area contributed by atoms with E-state index in [1.165, 1.54) is 0 Å². The molecular formula is C14H15ClN2O. The van der Waals surface area contributed by atoms with E-state index in [1.54, 1.807) is 13.2 Å². The second-order valence-corrected chi connectivity index (χ2v) is 4.45. The van der Waals surface area contributed by atoms with Crippen LogP contribution in [0.1, 0.15) is 5.56 Å². The number of nitrogens with one attached hydrogen (secondary N) is 1. The van der Waals surface area contributed by atoms with E-state index in [9.17, 15) is 0 Å². The molecule has 2 aromatic carbocycles. The fourth-order valence-electron chi connectivity index (χ4n) is 1.60. The first kappa shape index (κ1) is 12.6. The molecule has 0 aliphatic rings. The number of hydrogen-bond acceptors (Lipinski definition) is 3. The Morgan fingerprint density at radius 2 is 1.94 bits per heavy atom. The number of nitrogen functional groups attached to an aromatic ring is 1. The Labute approximate surface area is 112 Å². The van der Waals surface area contributed by atoms with E-state index >= 15 is 0 Å². The van der Waals surface area contributed by atoms with Gasteiger partial charge in [0.15, 0.2) is 0 Å². The van der Waals surface area contributed by atoms with E-state index in [4.69, 9.17) is 22.1 Å². The number of ether oxygens (including phenoxy) is 1. The zero-order valence-corrected chi connectivity index (χ0v) is 11.1. The Kier molecular flexibility index (Phi) is 3.63. The first-order chi connectivity index (χ1) is 8.60. The molecule has 0 atom stereocenters. The summed E-state index contributed by atoms with van der Waals surface area (Å²) in [7, 11) is 1.62. The molecule has 0 bridgehead atoms. The van der Waals surface area contributed by atoms with Crippen LogP contribution in [0, 0.1) is 6.92 Å². The highest BCUT2D eigenvalue weighted by molar-refractivity contribution is 6.31. The number of hydrogen-bond donors (Lipinski definition) is 2. The standard InChI is InChI=1S/C14H15ClN2O/c1-9-3-4-10(7-12(9)15)17-14-8-11(18-2)5-6-13(14)16/h3-8,17H,16H2,1-2H3. The number of nitrogens with two attached hydrogens (primary N) is 1. The fraction of sp³-hybridized carbons (Fsp3) is 0.143. The lowest BCUT2D eigenvalue weighted by Gasteiger charge is -2.11. The molecule has 0 aliphatic carbocycles. The molecule has 0 saturated heterocycles. The van der Waals surface area contributed by atoms with Gasteiger partial charge in [0.05, 0.1) is 18.5 Å². The minimum atomic E-state index is 0.660. The Morgan fingerprint density at radius 3 is 2.61 bits per heavy atom. The van der Waals surface area contributed by atoms with Gasteiger partial charge in [0.25, 0.3) is 0 Å². The zero-order chi connectivity index (χ0) is 13.1. The van der Waals surface area contributed by atoms with Crippen LogP contribution in [-0.4, -0.2) is 7.11 Å². The first-order valence-electron chi connectivity index (χ1n) is 5.57. The van der Waals surface area contributed by atoms with Crippen molar-refractivity contribution < 1.29 is 4.74 Å². The smallest absolute Gasteiger partial charge is 0.121 e. The summed E-state index contributed by atoms with van der Waals surface area (Å²) in [6.45, 7) is 1.96. The lowest BCUT2D eigenvalue weighted by Crippen LogP contribution is -1.97. The van der Waals surface area contributed by atoms with Gasteiger partial charge < -0.3 is 15.8 Å². The summed E-state index contributed by atoms with van der Waals surface area (Å²) in [4.78, 5) is 0. The Balaban J connectivity index is 2.30. The number of benzene rings is 2. The Bertz CT molecular complexity index is 570. The highest BCUT2D eigenvalue weighted by atomic mass is 35.5. The minimum absolute atomic E-state index is 0.660. The molecule has 2 aromatic rings. The van der Waals surface area contributed by atoms with Gasteiger partial charge in [0.1, 0.15) is 5.75 Å². The number of aryl methyl sites for hydroxylation is 1. The summed E-state index contributed by atoms with van der Waals surface area (Å²) >= 11 is 6.08. The van der Waals surface area contributed by atoms with Crippen molar-refractivity contribution in [2.75, 3.05) is 18.2 Å². The molecule has 3 N–H and O–H groups in total. The summed E-state index contributed by atoms with van der Waals surface area (Å²) in [6.07, 6.45) is 0. The number of methoxy groups -OCH3 is 1. The van der Waals surface area contributed by atoms with Crippen LogP contribution in [0.2, 0.25) is 5.02 Å². The van der Waals surface area contributed by atoms with E-state index in [0.717, 1.165) is 27.7 Å². The van der Waals surface area contributed by atoms with Crippen LogP contribution in [0.5, 0.6) is 5.75 Å². The van der Waals surface area contributed by atoms with Crippen LogP contribution in [0.25, 0.3) is 0 Å². The minimum Gasteiger partial charge on any atom is -0.497 e. The Morgan fingerprint density at radius 1 is 1.17 bits per heavy atom.